The zero-order valence-electron chi connectivity index (χ0n) is 10.4. The van der Waals surface area contributed by atoms with Gasteiger partial charge in [0.25, 0.3) is 0 Å². The van der Waals surface area contributed by atoms with E-state index in [4.69, 9.17) is 0 Å². The second kappa shape index (κ2) is 5.84. The fourth-order valence-corrected chi connectivity index (χ4v) is 1.73. The average Bonchev–Trinajstić information content (AvgIpc) is 2.45. The number of aromatic carboxylic acids is 2. The van der Waals surface area contributed by atoms with E-state index >= 15 is 0 Å². The monoisotopic (exact) mass is 266 g/mol. The molecule has 0 amide bonds. The Hall–Kier alpha value is -2.88. The minimum atomic E-state index is -1.24. The van der Waals surface area contributed by atoms with Crippen molar-refractivity contribution in [2.75, 3.05) is 0 Å². The molecule has 0 aliphatic heterocycles. The molecule has 2 aromatic carbocycles. The van der Waals surface area contributed by atoms with E-state index in [1.165, 1.54) is 24.3 Å². The van der Waals surface area contributed by atoms with E-state index in [1.807, 2.05) is 0 Å². The van der Waals surface area contributed by atoms with E-state index in [-0.39, 0.29) is 11.1 Å². The summed E-state index contributed by atoms with van der Waals surface area (Å²) in [4.78, 5) is 21.5. The number of benzene rings is 2. The molecule has 0 aromatic heterocycles. The Morgan fingerprint density at radius 2 is 1.15 bits per heavy atom. The van der Waals surface area contributed by atoms with Gasteiger partial charge in [0.2, 0.25) is 0 Å². The number of carbonyl (C=O) groups excluding carboxylic acids is 2. The second-order valence-electron chi connectivity index (χ2n) is 4.16. The smallest absolute Gasteiger partial charge is 0.0715 e. The molecule has 4 nitrogen and oxygen atoms in total. The van der Waals surface area contributed by atoms with Crippen molar-refractivity contribution in [2.45, 2.75) is 0 Å². The lowest BCUT2D eigenvalue weighted by atomic mass is 10.1. The standard InChI is InChI=1S/C16H12O4/c17-15(18)13-5-1-3-11(9-13)7-8-12-4-2-6-14(10-12)16(19)20/h1-10H,(H,17,18)(H,19,20)/p-2/b8-7-. The van der Waals surface area contributed by atoms with Crippen molar-refractivity contribution in [3.05, 3.63) is 70.8 Å². The van der Waals surface area contributed by atoms with Crippen LogP contribution in [0.15, 0.2) is 48.5 Å². The Morgan fingerprint density at radius 1 is 0.750 bits per heavy atom. The maximum Gasteiger partial charge on any atom is 0.0715 e. The molecule has 0 N–H and O–H groups in total. The van der Waals surface area contributed by atoms with E-state index in [0.717, 1.165) is 0 Å². The van der Waals surface area contributed by atoms with Crippen LogP contribution < -0.4 is 10.2 Å². The normalized spacial score (nSPS) is 10.6. The van der Waals surface area contributed by atoms with E-state index in [9.17, 15) is 19.8 Å². The molecule has 100 valence electrons. The molecule has 2 aromatic rings. The third-order valence-electron chi connectivity index (χ3n) is 2.71. The molecule has 2 rings (SSSR count). The highest BCUT2D eigenvalue weighted by Crippen LogP contribution is 2.11. The predicted octanol–water partition coefficient (Wildman–Crippen LogP) is 0.584. The van der Waals surface area contributed by atoms with Crippen LogP contribution >= 0.6 is 0 Å². The molecular formula is C16H10O4-2. The summed E-state index contributed by atoms with van der Waals surface area (Å²) < 4.78 is 0. The summed E-state index contributed by atoms with van der Waals surface area (Å²) in [5.41, 5.74) is 1.56. The van der Waals surface area contributed by atoms with Gasteiger partial charge in [0.1, 0.15) is 0 Å². The van der Waals surface area contributed by atoms with Gasteiger partial charge in [-0.1, -0.05) is 48.6 Å². The van der Waals surface area contributed by atoms with Crippen LogP contribution in [0.25, 0.3) is 12.2 Å². The average molecular weight is 266 g/mol. The number of hydrogen-bond acceptors (Lipinski definition) is 4. The Balaban J connectivity index is 2.25. The molecular weight excluding hydrogens is 256 g/mol. The molecule has 0 radical (unpaired) electrons. The summed E-state index contributed by atoms with van der Waals surface area (Å²) in [7, 11) is 0. The lowest BCUT2D eigenvalue weighted by molar-refractivity contribution is -0.256. The van der Waals surface area contributed by atoms with Crippen LogP contribution in [0, 0.1) is 0 Å². The molecule has 0 spiro atoms. The Kier molecular flexibility index (Phi) is 3.96. The van der Waals surface area contributed by atoms with Gasteiger partial charge in [-0.25, -0.2) is 0 Å². The van der Waals surface area contributed by atoms with Crippen LogP contribution in [0.2, 0.25) is 0 Å². The minimum absolute atomic E-state index is 0.0932. The quantitative estimate of drug-likeness (QED) is 0.758. The van der Waals surface area contributed by atoms with E-state index < -0.39 is 11.9 Å². The highest BCUT2D eigenvalue weighted by Gasteiger charge is 1.96. The van der Waals surface area contributed by atoms with Crippen molar-refractivity contribution >= 4 is 24.1 Å². The fraction of sp³-hybridized carbons (Fsp3) is 0. The number of carbonyl (C=O) groups is 2. The van der Waals surface area contributed by atoms with Crippen LogP contribution in [0.5, 0.6) is 0 Å². The van der Waals surface area contributed by atoms with Crippen molar-refractivity contribution in [3.63, 3.8) is 0 Å². The fourth-order valence-electron chi connectivity index (χ4n) is 1.73. The Bertz CT molecular complexity index is 627. The van der Waals surface area contributed by atoms with Crippen LogP contribution in [0.1, 0.15) is 31.8 Å². The van der Waals surface area contributed by atoms with Crippen molar-refractivity contribution in [3.8, 4) is 0 Å². The summed E-state index contributed by atoms with van der Waals surface area (Å²) in [5.74, 6) is -2.47. The number of carboxylic acid groups (broad SMARTS) is 2. The third kappa shape index (κ3) is 3.32. The molecule has 20 heavy (non-hydrogen) atoms. The first-order chi connectivity index (χ1) is 9.56. The molecule has 0 bridgehead atoms. The van der Waals surface area contributed by atoms with Gasteiger partial charge >= 0.3 is 0 Å². The zero-order chi connectivity index (χ0) is 14.5. The maximum absolute atomic E-state index is 10.7. The first-order valence-corrected chi connectivity index (χ1v) is 5.87. The zero-order valence-corrected chi connectivity index (χ0v) is 10.4. The summed E-state index contributed by atoms with van der Waals surface area (Å²) >= 11 is 0. The molecule has 0 aliphatic carbocycles. The first kappa shape index (κ1) is 13.5. The largest absolute Gasteiger partial charge is 0.545 e. The van der Waals surface area contributed by atoms with Gasteiger partial charge in [0.05, 0.1) is 11.9 Å². The van der Waals surface area contributed by atoms with Gasteiger partial charge in [-0.3, -0.25) is 0 Å². The van der Waals surface area contributed by atoms with Gasteiger partial charge in [0, 0.05) is 0 Å². The van der Waals surface area contributed by atoms with Crippen LogP contribution in [-0.2, 0) is 0 Å². The third-order valence-corrected chi connectivity index (χ3v) is 2.71. The van der Waals surface area contributed by atoms with E-state index in [2.05, 4.69) is 0 Å². The number of carboxylic acids is 2. The van der Waals surface area contributed by atoms with Crippen molar-refractivity contribution < 1.29 is 19.8 Å². The molecule has 0 saturated carbocycles. The summed E-state index contributed by atoms with van der Waals surface area (Å²) in [5, 5.41) is 21.5. The maximum atomic E-state index is 10.7. The number of hydrogen-bond donors (Lipinski definition) is 0. The van der Waals surface area contributed by atoms with Gasteiger partial charge in [-0.15, -0.1) is 0 Å². The first-order valence-electron chi connectivity index (χ1n) is 5.87. The Labute approximate surface area is 115 Å². The summed E-state index contributed by atoms with van der Waals surface area (Å²) in [6, 6.07) is 12.6. The van der Waals surface area contributed by atoms with Gasteiger partial charge in [0.15, 0.2) is 0 Å². The Morgan fingerprint density at radius 3 is 1.50 bits per heavy atom. The molecule has 0 unspecified atom stereocenters. The molecule has 0 saturated heterocycles. The van der Waals surface area contributed by atoms with Crippen molar-refractivity contribution in [2.24, 2.45) is 0 Å². The molecule has 0 heterocycles. The van der Waals surface area contributed by atoms with Gasteiger partial charge in [-0.05, 0) is 34.4 Å². The van der Waals surface area contributed by atoms with Gasteiger partial charge < -0.3 is 19.8 Å². The summed E-state index contributed by atoms with van der Waals surface area (Å²) in [6.45, 7) is 0. The summed E-state index contributed by atoms with van der Waals surface area (Å²) in [6.07, 6.45) is 3.39. The lowest BCUT2D eigenvalue weighted by Gasteiger charge is -2.04. The highest BCUT2D eigenvalue weighted by atomic mass is 16.4. The number of rotatable bonds is 4. The lowest BCUT2D eigenvalue weighted by Crippen LogP contribution is -2.22. The second-order valence-corrected chi connectivity index (χ2v) is 4.16. The molecule has 4 heteroatoms. The van der Waals surface area contributed by atoms with E-state index in [1.54, 1.807) is 36.4 Å². The van der Waals surface area contributed by atoms with E-state index in [0.29, 0.717) is 11.1 Å². The SMILES string of the molecule is O=C([O-])c1cccc(/C=C\c2cccc(C(=O)[O-])c2)c1. The van der Waals surface area contributed by atoms with Crippen LogP contribution in [-0.4, -0.2) is 11.9 Å². The topological polar surface area (TPSA) is 80.3 Å². The van der Waals surface area contributed by atoms with Gasteiger partial charge in [-0.2, -0.15) is 0 Å². The molecule has 0 atom stereocenters. The van der Waals surface area contributed by atoms with Crippen molar-refractivity contribution in [1.82, 2.24) is 0 Å². The predicted molar refractivity (Wildman–Crippen MR) is 70.5 cm³/mol. The van der Waals surface area contributed by atoms with Crippen LogP contribution in [0.3, 0.4) is 0 Å². The van der Waals surface area contributed by atoms with Crippen molar-refractivity contribution in [1.29, 1.82) is 0 Å². The van der Waals surface area contributed by atoms with Crippen LogP contribution in [0.4, 0.5) is 0 Å². The molecule has 0 aliphatic rings. The highest BCUT2D eigenvalue weighted by molar-refractivity contribution is 5.88. The minimum Gasteiger partial charge on any atom is -0.545 e. The molecule has 0 fully saturated rings.